The summed E-state index contributed by atoms with van der Waals surface area (Å²) >= 11 is 2.10. The Balaban J connectivity index is 1.58. The van der Waals surface area contributed by atoms with Crippen LogP contribution in [0.5, 0.6) is 0 Å². The lowest BCUT2D eigenvalue weighted by Crippen LogP contribution is -2.45. The first-order valence-electron chi connectivity index (χ1n) is 7.25. The molecule has 6 heteroatoms. The number of rotatable bonds is 6. The van der Waals surface area contributed by atoms with Crippen LogP contribution in [0.15, 0.2) is 22.6 Å². The molecule has 0 saturated carbocycles. The minimum Gasteiger partial charge on any atom is -0.451 e. The molecule has 1 aliphatic heterocycles. The van der Waals surface area contributed by atoms with Gasteiger partial charge in [-0.25, -0.2) is 0 Å². The van der Waals surface area contributed by atoms with Crippen molar-refractivity contribution in [3.05, 3.63) is 27.7 Å². The monoisotopic (exact) mass is 403 g/mol. The molecule has 1 aromatic heterocycles. The fraction of sp³-hybridized carbons (Fsp3) is 0.533. The Labute approximate surface area is 139 Å². The summed E-state index contributed by atoms with van der Waals surface area (Å²) in [6.07, 6.45) is 4.20. The summed E-state index contributed by atoms with van der Waals surface area (Å²) < 4.78 is 6.18. The highest BCUT2D eigenvalue weighted by Gasteiger charge is 2.12. The third kappa shape index (κ3) is 6.19. The van der Waals surface area contributed by atoms with Crippen LogP contribution < -0.4 is 5.32 Å². The molecule has 116 valence electrons. The third-order valence-electron chi connectivity index (χ3n) is 3.54. The second-order valence-corrected chi connectivity index (χ2v) is 6.33. The number of nitrogens with zero attached hydrogens (tertiary/aromatic N) is 2. The largest absolute Gasteiger partial charge is 0.451 e. The van der Waals surface area contributed by atoms with Gasteiger partial charge in [0.25, 0.3) is 0 Å². The van der Waals surface area contributed by atoms with Crippen LogP contribution in [0.25, 0.3) is 6.08 Å². The Kier molecular flexibility index (Phi) is 6.72. The molecule has 2 heterocycles. The standard InChI is InChI=1S/C15H22IN3O2/c1-18-9-11-19(12-10-18)8-2-7-17-15(20)6-4-13-3-5-14(16)21-13/h3-6H,2,7-12H2,1H3,(H,17,20)/b6-4+. The Morgan fingerprint density at radius 3 is 2.81 bits per heavy atom. The van der Waals surface area contributed by atoms with Gasteiger partial charge in [-0.2, -0.15) is 0 Å². The smallest absolute Gasteiger partial charge is 0.244 e. The van der Waals surface area contributed by atoms with Gasteiger partial charge in [0.05, 0.1) is 0 Å². The third-order valence-corrected chi connectivity index (χ3v) is 4.12. The van der Waals surface area contributed by atoms with E-state index in [1.165, 1.54) is 6.08 Å². The number of nitrogens with one attached hydrogen (secondary N) is 1. The number of carbonyl (C=O) groups excluding carboxylic acids is 1. The predicted molar refractivity (Wildman–Crippen MR) is 92.0 cm³/mol. The van der Waals surface area contributed by atoms with Crippen molar-refractivity contribution in [3.63, 3.8) is 0 Å². The van der Waals surface area contributed by atoms with Gasteiger partial charge in [-0.1, -0.05) is 0 Å². The lowest BCUT2D eigenvalue weighted by Gasteiger charge is -2.32. The van der Waals surface area contributed by atoms with Gasteiger partial charge >= 0.3 is 0 Å². The van der Waals surface area contributed by atoms with E-state index in [-0.39, 0.29) is 5.91 Å². The van der Waals surface area contributed by atoms with E-state index in [4.69, 9.17) is 4.42 Å². The highest BCUT2D eigenvalue weighted by molar-refractivity contribution is 14.1. The van der Waals surface area contributed by atoms with Gasteiger partial charge in [-0.15, -0.1) is 0 Å². The molecule has 1 fully saturated rings. The number of likely N-dealkylation sites (N-methyl/N-ethyl adjacent to an activating group) is 1. The molecule has 1 aromatic rings. The van der Waals surface area contributed by atoms with Crippen LogP contribution in [-0.4, -0.2) is 62.0 Å². The first kappa shape index (κ1) is 16.5. The van der Waals surface area contributed by atoms with Crippen molar-refractivity contribution in [2.45, 2.75) is 6.42 Å². The molecule has 1 aliphatic rings. The van der Waals surface area contributed by atoms with Crippen molar-refractivity contribution in [1.29, 1.82) is 0 Å². The maximum atomic E-state index is 11.7. The second-order valence-electron chi connectivity index (χ2n) is 5.26. The van der Waals surface area contributed by atoms with Crippen molar-refractivity contribution in [2.75, 3.05) is 46.3 Å². The number of halogens is 1. The van der Waals surface area contributed by atoms with Crippen LogP contribution in [0.1, 0.15) is 12.2 Å². The molecule has 1 saturated heterocycles. The molecule has 0 atom stereocenters. The Morgan fingerprint density at radius 2 is 2.14 bits per heavy atom. The van der Waals surface area contributed by atoms with Crippen molar-refractivity contribution in [2.24, 2.45) is 0 Å². The first-order chi connectivity index (χ1) is 10.1. The maximum Gasteiger partial charge on any atom is 0.244 e. The molecule has 0 spiro atoms. The van der Waals surface area contributed by atoms with Gasteiger partial charge in [-0.05, 0) is 60.8 Å². The summed E-state index contributed by atoms with van der Waals surface area (Å²) in [7, 11) is 2.16. The van der Waals surface area contributed by atoms with Gasteiger partial charge in [0.15, 0.2) is 3.77 Å². The molecule has 5 nitrogen and oxygen atoms in total. The normalized spacial score (nSPS) is 17.4. The molecule has 1 N–H and O–H groups in total. The minimum atomic E-state index is -0.0696. The molecular formula is C15H22IN3O2. The molecule has 21 heavy (non-hydrogen) atoms. The van der Waals surface area contributed by atoms with Crippen LogP contribution in [0.4, 0.5) is 0 Å². The summed E-state index contributed by atoms with van der Waals surface area (Å²) in [5, 5.41) is 2.90. The van der Waals surface area contributed by atoms with Crippen LogP contribution in [0.2, 0.25) is 0 Å². The molecule has 0 radical (unpaired) electrons. The van der Waals surface area contributed by atoms with E-state index in [2.05, 4.69) is 44.8 Å². The number of hydrogen-bond donors (Lipinski definition) is 1. The summed E-state index contributed by atoms with van der Waals surface area (Å²) in [6.45, 7) is 6.29. The first-order valence-corrected chi connectivity index (χ1v) is 8.33. The van der Waals surface area contributed by atoms with Gasteiger partial charge in [-0.3, -0.25) is 4.79 Å². The molecular weight excluding hydrogens is 381 g/mol. The van der Waals surface area contributed by atoms with Crippen molar-refractivity contribution >= 4 is 34.6 Å². The van der Waals surface area contributed by atoms with E-state index >= 15 is 0 Å². The number of amides is 1. The van der Waals surface area contributed by atoms with Crippen molar-refractivity contribution in [3.8, 4) is 0 Å². The topological polar surface area (TPSA) is 48.7 Å². The highest BCUT2D eigenvalue weighted by Crippen LogP contribution is 2.11. The summed E-state index contributed by atoms with van der Waals surface area (Å²) in [5.74, 6) is 0.631. The quantitative estimate of drug-likeness (QED) is 0.446. The second kappa shape index (κ2) is 8.55. The zero-order valence-electron chi connectivity index (χ0n) is 12.3. The van der Waals surface area contributed by atoms with E-state index in [0.29, 0.717) is 12.3 Å². The van der Waals surface area contributed by atoms with E-state index in [9.17, 15) is 4.79 Å². The van der Waals surface area contributed by atoms with Crippen molar-refractivity contribution in [1.82, 2.24) is 15.1 Å². The van der Waals surface area contributed by atoms with E-state index < -0.39 is 0 Å². The minimum absolute atomic E-state index is 0.0696. The van der Waals surface area contributed by atoms with E-state index in [0.717, 1.165) is 42.9 Å². The number of furan rings is 1. The molecule has 0 aromatic carbocycles. The van der Waals surface area contributed by atoms with E-state index in [1.54, 1.807) is 6.08 Å². The number of carbonyl (C=O) groups is 1. The predicted octanol–water partition coefficient (Wildman–Crippen LogP) is 1.65. The number of piperazine rings is 1. The molecule has 0 unspecified atom stereocenters. The average Bonchev–Trinajstić information content (AvgIpc) is 2.89. The number of hydrogen-bond acceptors (Lipinski definition) is 4. The van der Waals surface area contributed by atoms with E-state index in [1.807, 2.05) is 12.1 Å². The molecule has 0 aliphatic carbocycles. The molecule has 0 bridgehead atoms. The lowest BCUT2D eigenvalue weighted by atomic mass is 10.3. The SMILES string of the molecule is CN1CCN(CCCNC(=O)/C=C/c2ccc(I)o2)CC1. The summed E-state index contributed by atoms with van der Waals surface area (Å²) in [4.78, 5) is 16.5. The maximum absolute atomic E-state index is 11.7. The van der Waals surface area contributed by atoms with Gasteiger partial charge < -0.3 is 19.5 Å². The zero-order chi connectivity index (χ0) is 15.1. The Morgan fingerprint density at radius 1 is 1.38 bits per heavy atom. The highest BCUT2D eigenvalue weighted by atomic mass is 127. The van der Waals surface area contributed by atoms with Crippen LogP contribution in [-0.2, 0) is 4.79 Å². The fourth-order valence-electron chi connectivity index (χ4n) is 2.22. The molecule has 2 rings (SSSR count). The van der Waals surface area contributed by atoms with Crippen molar-refractivity contribution < 1.29 is 9.21 Å². The Bertz CT molecular complexity index is 479. The average molecular weight is 403 g/mol. The Hall–Kier alpha value is -0.860. The molecule has 1 amide bonds. The van der Waals surface area contributed by atoms with Crippen LogP contribution in [0.3, 0.4) is 0 Å². The zero-order valence-corrected chi connectivity index (χ0v) is 14.5. The lowest BCUT2D eigenvalue weighted by molar-refractivity contribution is -0.116. The van der Waals surface area contributed by atoms with Gasteiger partial charge in [0.2, 0.25) is 5.91 Å². The van der Waals surface area contributed by atoms with Crippen LogP contribution >= 0.6 is 22.6 Å². The van der Waals surface area contributed by atoms with Gasteiger partial charge in [0.1, 0.15) is 5.76 Å². The van der Waals surface area contributed by atoms with Crippen LogP contribution in [0, 0.1) is 3.77 Å². The summed E-state index contributed by atoms with van der Waals surface area (Å²) in [5.41, 5.74) is 0. The summed E-state index contributed by atoms with van der Waals surface area (Å²) in [6, 6.07) is 3.72. The fourth-order valence-corrected chi connectivity index (χ4v) is 2.65. The van der Waals surface area contributed by atoms with Gasteiger partial charge in [0, 0.05) is 38.8 Å².